The first-order valence-corrected chi connectivity index (χ1v) is 7.58. The van der Waals surface area contributed by atoms with E-state index in [1.807, 2.05) is 4.90 Å². The lowest BCUT2D eigenvalue weighted by Crippen LogP contribution is -2.42. The highest BCUT2D eigenvalue weighted by atomic mass is 35.5. The van der Waals surface area contributed by atoms with Crippen LogP contribution in [0.3, 0.4) is 0 Å². The average molecular weight is 320 g/mol. The third-order valence-electron chi connectivity index (χ3n) is 3.96. The number of halogens is 1. The fourth-order valence-corrected chi connectivity index (χ4v) is 2.70. The molecule has 0 aromatic rings. The van der Waals surface area contributed by atoms with Crippen LogP contribution >= 0.6 is 12.4 Å². The van der Waals surface area contributed by atoms with Crippen molar-refractivity contribution in [3.05, 3.63) is 0 Å². The number of hydrogen-bond acceptors (Lipinski definition) is 4. The van der Waals surface area contributed by atoms with E-state index in [4.69, 9.17) is 4.74 Å². The second-order valence-electron chi connectivity index (χ2n) is 5.49. The van der Waals surface area contributed by atoms with Crippen LogP contribution in [0.4, 0.5) is 0 Å². The molecule has 21 heavy (non-hydrogen) atoms. The molecule has 0 aromatic heterocycles. The van der Waals surface area contributed by atoms with Crippen molar-refractivity contribution >= 4 is 24.2 Å². The normalized spacial score (nSPS) is 19.7. The SMILES string of the molecule is Cl.O=C(CC1CCNCC1)NCCC(=O)N1CCOCC1. The van der Waals surface area contributed by atoms with Crippen LogP contribution in [0.15, 0.2) is 0 Å². The molecule has 0 aliphatic carbocycles. The van der Waals surface area contributed by atoms with Crippen molar-refractivity contribution in [3.63, 3.8) is 0 Å². The number of rotatable bonds is 5. The number of hydrogen-bond donors (Lipinski definition) is 2. The molecule has 2 aliphatic heterocycles. The highest BCUT2D eigenvalue weighted by Gasteiger charge is 2.18. The number of amides is 2. The first-order valence-electron chi connectivity index (χ1n) is 7.58. The van der Waals surface area contributed by atoms with Gasteiger partial charge in [0.2, 0.25) is 11.8 Å². The lowest BCUT2D eigenvalue weighted by Gasteiger charge is -2.27. The summed E-state index contributed by atoms with van der Waals surface area (Å²) in [6.07, 6.45) is 3.12. The van der Waals surface area contributed by atoms with Crippen LogP contribution in [0.25, 0.3) is 0 Å². The van der Waals surface area contributed by atoms with Crippen LogP contribution in [-0.4, -0.2) is 62.7 Å². The van der Waals surface area contributed by atoms with Crippen LogP contribution < -0.4 is 10.6 Å². The molecule has 2 rings (SSSR count). The van der Waals surface area contributed by atoms with E-state index in [-0.39, 0.29) is 24.2 Å². The number of nitrogens with zero attached hydrogens (tertiary/aromatic N) is 1. The van der Waals surface area contributed by atoms with Crippen LogP contribution in [0.5, 0.6) is 0 Å². The molecule has 2 saturated heterocycles. The first kappa shape index (κ1) is 18.2. The Morgan fingerprint density at radius 1 is 1.19 bits per heavy atom. The molecule has 0 unspecified atom stereocenters. The molecule has 122 valence electrons. The van der Waals surface area contributed by atoms with Crippen molar-refractivity contribution in [2.24, 2.45) is 5.92 Å². The van der Waals surface area contributed by atoms with Crippen molar-refractivity contribution in [2.75, 3.05) is 45.9 Å². The third-order valence-corrected chi connectivity index (χ3v) is 3.96. The minimum Gasteiger partial charge on any atom is -0.378 e. The molecule has 0 saturated carbocycles. The van der Waals surface area contributed by atoms with Gasteiger partial charge in [-0.2, -0.15) is 0 Å². The molecule has 0 spiro atoms. The van der Waals surface area contributed by atoms with Gasteiger partial charge in [0.15, 0.2) is 0 Å². The first-order chi connectivity index (χ1) is 9.75. The molecule has 0 radical (unpaired) electrons. The molecule has 2 fully saturated rings. The van der Waals surface area contributed by atoms with Crippen molar-refractivity contribution in [1.82, 2.24) is 15.5 Å². The molecule has 2 aliphatic rings. The Hall–Kier alpha value is -0.850. The summed E-state index contributed by atoms with van der Waals surface area (Å²) in [6, 6.07) is 0. The van der Waals surface area contributed by atoms with Gasteiger partial charge in [0, 0.05) is 32.5 Å². The van der Waals surface area contributed by atoms with Crippen LogP contribution in [0, 0.1) is 5.92 Å². The lowest BCUT2D eigenvalue weighted by atomic mass is 9.94. The second-order valence-corrected chi connectivity index (χ2v) is 5.49. The molecule has 0 aromatic carbocycles. The van der Waals surface area contributed by atoms with E-state index in [2.05, 4.69) is 10.6 Å². The van der Waals surface area contributed by atoms with E-state index in [1.54, 1.807) is 0 Å². The summed E-state index contributed by atoms with van der Waals surface area (Å²) in [5, 5.41) is 6.15. The summed E-state index contributed by atoms with van der Waals surface area (Å²) in [4.78, 5) is 25.5. The molecule has 0 atom stereocenters. The molecular formula is C14H26ClN3O3. The summed E-state index contributed by atoms with van der Waals surface area (Å²) >= 11 is 0. The zero-order chi connectivity index (χ0) is 14.2. The zero-order valence-corrected chi connectivity index (χ0v) is 13.3. The standard InChI is InChI=1S/C14H25N3O3.ClH/c18-13(11-12-1-4-15-5-2-12)16-6-3-14(19)17-7-9-20-10-8-17;/h12,15H,1-11H2,(H,16,18);1H. The molecular weight excluding hydrogens is 294 g/mol. The molecule has 6 nitrogen and oxygen atoms in total. The number of ether oxygens (including phenoxy) is 1. The predicted octanol–water partition coefficient (Wildman–Crippen LogP) is 0.163. The maximum absolute atomic E-state index is 11.9. The Bertz CT molecular complexity index is 329. The largest absolute Gasteiger partial charge is 0.378 e. The Morgan fingerprint density at radius 2 is 1.86 bits per heavy atom. The fraction of sp³-hybridized carbons (Fsp3) is 0.857. The number of piperidine rings is 1. The number of morpholine rings is 1. The van der Waals surface area contributed by atoms with Gasteiger partial charge in [-0.15, -0.1) is 12.4 Å². The van der Waals surface area contributed by atoms with E-state index in [0.29, 0.717) is 51.6 Å². The number of nitrogens with one attached hydrogen (secondary N) is 2. The summed E-state index contributed by atoms with van der Waals surface area (Å²) in [5.41, 5.74) is 0. The molecule has 2 heterocycles. The molecule has 0 bridgehead atoms. The van der Waals surface area contributed by atoms with Gasteiger partial charge in [0.05, 0.1) is 13.2 Å². The summed E-state index contributed by atoms with van der Waals surface area (Å²) in [5.74, 6) is 0.674. The summed E-state index contributed by atoms with van der Waals surface area (Å²) in [7, 11) is 0. The van der Waals surface area contributed by atoms with Gasteiger partial charge >= 0.3 is 0 Å². The van der Waals surface area contributed by atoms with Gasteiger partial charge in [-0.25, -0.2) is 0 Å². The fourth-order valence-electron chi connectivity index (χ4n) is 2.70. The minimum absolute atomic E-state index is 0. The van der Waals surface area contributed by atoms with E-state index in [0.717, 1.165) is 25.9 Å². The van der Waals surface area contributed by atoms with Gasteiger partial charge in [-0.3, -0.25) is 9.59 Å². The van der Waals surface area contributed by atoms with Gasteiger partial charge in [-0.1, -0.05) is 0 Å². The Labute approximate surface area is 132 Å². The molecule has 7 heteroatoms. The van der Waals surface area contributed by atoms with Gasteiger partial charge in [-0.05, 0) is 31.8 Å². The third kappa shape index (κ3) is 6.63. The van der Waals surface area contributed by atoms with Crippen molar-refractivity contribution in [2.45, 2.75) is 25.7 Å². The van der Waals surface area contributed by atoms with Crippen LogP contribution in [0.1, 0.15) is 25.7 Å². The van der Waals surface area contributed by atoms with E-state index < -0.39 is 0 Å². The van der Waals surface area contributed by atoms with E-state index >= 15 is 0 Å². The van der Waals surface area contributed by atoms with Crippen molar-refractivity contribution in [1.29, 1.82) is 0 Å². The predicted molar refractivity (Wildman–Crippen MR) is 82.5 cm³/mol. The smallest absolute Gasteiger partial charge is 0.224 e. The highest BCUT2D eigenvalue weighted by Crippen LogP contribution is 2.15. The molecule has 2 amide bonds. The Kier molecular flexibility index (Phi) is 8.64. The summed E-state index contributed by atoms with van der Waals surface area (Å²) in [6.45, 7) is 5.03. The second kappa shape index (κ2) is 9.97. The monoisotopic (exact) mass is 319 g/mol. The topological polar surface area (TPSA) is 70.7 Å². The van der Waals surface area contributed by atoms with E-state index in [9.17, 15) is 9.59 Å². The summed E-state index contributed by atoms with van der Waals surface area (Å²) < 4.78 is 5.21. The Balaban J connectivity index is 0.00000220. The maximum atomic E-state index is 11.9. The van der Waals surface area contributed by atoms with Crippen LogP contribution in [-0.2, 0) is 14.3 Å². The zero-order valence-electron chi connectivity index (χ0n) is 12.4. The lowest BCUT2D eigenvalue weighted by molar-refractivity contribution is -0.135. The Morgan fingerprint density at radius 3 is 2.52 bits per heavy atom. The van der Waals surface area contributed by atoms with Crippen LogP contribution in [0.2, 0.25) is 0 Å². The minimum atomic E-state index is 0. The number of carbonyl (C=O) groups excluding carboxylic acids is 2. The molecule has 2 N–H and O–H groups in total. The van der Waals surface area contributed by atoms with Crippen molar-refractivity contribution < 1.29 is 14.3 Å². The van der Waals surface area contributed by atoms with Crippen molar-refractivity contribution in [3.8, 4) is 0 Å². The quantitative estimate of drug-likeness (QED) is 0.757. The average Bonchev–Trinajstić information content (AvgIpc) is 2.49. The van der Waals surface area contributed by atoms with Gasteiger partial charge in [0.1, 0.15) is 0 Å². The number of carbonyl (C=O) groups is 2. The van der Waals surface area contributed by atoms with Gasteiger partial charge in [0.25, 0.3) is 0 Å². The highest BCUT2D eigenvalue weighted by molar-refractivity contribution is 5.85. The maximum Gasteiger partial charge on any atom is 0.224 e. The van der Waals surface area contributed by atoms with E-state index in [1.165, 1.54) is 0 Å². The van der Waals surface area contributed by atoms with Gasteiger partial charge < -0.3 is 20.3 Å².